The van der Waals surface area contributed by atoms with Gasteiger partial charge in [-0.3, -0.25) is 4.90 Å². The van der Waals surface area contributed by atoms with Crippen molar-refractivity contribution in [3.8, 4) is 0 Å². The van der Waals surface area contributed by atoms with Crippen molar-refractivity contribution in [1.82, 2.24) is 9.80 Å². The van der Waals surface area contributed by atoms with Gasteiger partial charge >= 0.3 is 0 Å². The molecule has 2 unspecified atom stereocenters. The normalized spacial score (nSPS) is 34.9. The van der Waals surface area contributed by atoms with Crippen LogP contribution >= 0.6 is 0 Å². The van der Waals surface area contributed by atoms with Gasteiger partial charge in [0.1, 0.15) is 0 Å². The Morgan fingerprint density at radius 3 is 2.42 bits per heavy atom. The fraction of sp³-hybridized carbons (Fsp3) is 1.00. The molecule has 1 aliphatic carbocycles. The molecule has 19 heavy (non-hydrogen) atoms. The molecule has 0 aromatic heterocycles. The van der Waals surface area contributed by atoms with Crippen LogP contribution in [0, 0.1) is 5.92 Å². The average molecular weight is 267 g/mol. The summed E-state index contributed by atoms with van der Waals surface area (Å²) < 4.78 is 0. The molecular weight excluding hydrogens is 234 g/mol. The largest absolute Gasteiger partial charge is 0.329 e. The zero-order valence-electron chi connectivity index (χ0n) is 13.2. The standard InChI is InChI=1S/C16H33N3/c1-4-19-11-8-15(9-12-19)18(3)16(13-17)10-6-5-7-14(16)2/h14-15H,4-13,17H2,1-3H3. The number of nitrogens with zero attached hydrogens (tertiary/aromatic N) is 2. The molecule has 3 nitrogen and oxygen atoms in total. The predicted molar refractivity (Wildman–Crippen MR) is 82.3 cm³/mol. The van der Waals surface area contributed by atoms with Crippen LogP contribution in [0.2, 0.25) is 0 Å². The quantitative estimate of drug-likeness (QED) is 0.848. The molecule has 1 saturated carbocycles. The zero-order chi connectivity index (χ0) is 13.9. The molecule has 0 aromatic carbocycles. The van der Waals surface area contributed by atoms with Gasteiger partial charge in [0.2, 0.25) is 0 Å². The van der Waals surface area contributed by atoms with Crippen molar-refractivity contribution >= 4 is 0 Å². The summed E-state index contributed by atoms with van der Waals surface area (Å²) in [5.41, 5.74) is 6.51. The highest BCUT2D eigenvalue weighted by Gasteiger charge is 2.43. The topological polar surface area (TPSA) is 32.5 Å². The molecule has 2 N–H and O–H groups in total. The fourth-order valence-corrected chi connectivity index (χ4v) is 4.35. The van der Waals surface area contributed by atoms with Gasteiger partial charge in [-0.05, 0) is 58.3 Å². The number of hydrogen-bond donors (Lipinski definition) is 1. The van der Waals surface area contributed by atoms with E-state index in [-0.39, 0.29) is 5.54 Å². The predicted octanol–water partition coefficient (Wildman–Crippen LogP) is 2.31. The smallest absolute Gasteiger partial charge is 0.0357 e. The van der Waals surface area contributed by atoms with Crippen LogP contribution in [0.15, 0.2) is 0 Å². The summed E-state index contributed by atoms with van der Waals surface area (Å²) >= 11 is 0. The summed E-state index contributed by atoms with van der Waals surface area (Å²) in [4.78, 5) is 5.26. The monoisotopic (exact) mass is 267 g/mol. The number of likely N-dealkylation sites (tertiary alicyclic amines) is 1. The minimum absolute atomic E-state index is 0.275. The highest BCUT2D eigenvalue weighted by atomic mass is 15.2. The molecule has 0 spiro atoms. The average Bonchev–Trinajstić information content (AvgIpc) is 2.47. The summed E-state index contributed by atoms with van der Waals surface area (Å²) in [7, 11) is 2.35. The Morgan fingerprint density at radius 2 is 1.89 bits per heavy atom. The molecule has 2 fully saturated rings. The van der Waals surface area contributed by atoms with E-state index in [0.717, 1.165) is 18.5 Å². The van der Waals surface area contributed by atoms with Crippen molar-refractivity contribution in [3.05, 3.63) is 0 Å². The highest BCUT2D eigenvalue weighted by Crippen LogP contribution is 2.39. The van der Waals surface area contributed by atoms with Crippen LogP contribution in [0.3, 0.4) is 0 Å². The molecule has 2 rings (SSSR count). The summed E-state index contributed by atoms with van der Waals surface area (Å²) in [6.07, 6.45) is 8.05. The minimum atomic E-state index is 0.275. The first kappa shape index (κ1) is 15.3. The third-order valence-electron chi connectivity index (χ3n) is 6.02. The minimum Gasteiger partial charge on any atom is -0.329 e. The van der Waals surface area contributed by atoms with Crippen LogP contribution in [-0.4, -0.2) is 54.6 Å². The van der Waals surface area contributed by atoms with E-state index in [2.05, 4.69) is 30.7 Å². The van der Waals surface area contributed by atoms with Crippen LogP contribution < -0.4 is 5.73 Å². The first-order chi connectivity index (χ1) is 9.14. The highest BCUT2D eigenvalue weighted by molar-refractivity contribution is 5.00. The van der Waals surface area contributed by atoms with E-state index in [0.29, 0.717) is 0 Å². The van der Waals surface area contributed by atoms with Gasteiger partial charge in [-0.25, -0.2) is 0 Å². The van der Waals surface area contributed by atoms with E-state index in [1.807, 2.05) is 0 Å². The maximum Gasteiger partial charge on any atom is 0.0357 e. The third kappa shape index (κ3) is 2.98. The van der Waals surface area contributed by atoms with Gasteiger partial charge in [0, 0.05) is 18.1 Å². The molecule has 2 aliphatic rings. The molecule has 1 heterocycles. The molecule has 2 atom stereocenters. The molecule has 3 heteroatoms. The van der Waals surface area contributed by atoms with Crippen molar-refractivity contribution in [2.45, 2.75) is 64.0 Å². The third-order valence-corrected chi connectivity index (χ3v) is 6.02. The number of nitrogens with two attached hydrogens (primary N) is 1. The molecule has 0 aromatic rings. The second-order valence-corrected chi connectivity index (χ2v) is 6.73. The lowest BCUT2D eigenvalue weighted by Crippen LogP contribution is -2.62. The van der Waals surface area contributed by atoms with Crippen molar-refractivity contribution in [2.75, 3.05) is 33.2 Å². The van der Waals surface area contributed by atoms with Crippen LogP contribution in [0.25, 0.3) is 0 Å². The van der Waals surface area contributed by atoms with Gasteiger partial charge in [0.25, 0.3) is 0 Å². The number of rotatable bonds is 4. The summed E-state index contributed by atoms with van der Waals surface area (Å²) in [5.74, 6) is 0.750. The van der Waals surface area contributed by atoms with Gasteiger partial charge in [0.15, 0.2) is 0 Å². The molecule has 112 valence electrons. The Balaban J connectivity index is 2.02. The van der Waals surface area contributed by atoms with Crippen LogP contribution in [0.4, 0.5) is 0 Å². The first-order valence-electron chi connectivity index (χ1n) is 8.29. The zero-order valence-corrected chi connectivity index (χ0v) is 13.2. The van der Waals surface area contributed by atoms with Crippen molar-refractivity contribution in [1.29, 1.82) is 0 Å². The van der Waals surface area contributed by atoms with Crippen LogP contribution in [0.5, 0.6) is 0 Å². The molecule has 1 saturated heterocycles. The number of piperidine rings is 1. The number of likely N-dealkylation sites (N-methyl/N-ethyl adjacent to an activating group) is 1. The summed E-state index contributed by atoms with van der Waals surface area (Å²) in [6, 6.07) is 0.742. The summed E-state index contributed by atoms with van der Waals surface area (Å²) in [5, 5.41) is 0. The van der Waals surface area contributed by atoms with E-state index in [1.54, 1.807) is 0 Å². The maximum absolute atomic E-state index is 6.24. The SMILES string of the molecule is CCN1CCC(N(C)C2(CN)CCCCC2C)CC1. The van der Waals surface area contributed by atoms with E-state index in [1.165, 1.54) is 58.2 Å². The van der Waals surface area contributed by atoms with Crippen molar-refractivity contribution in [2.24, 2.45) is 11.7 Å². The van der Waals surface area contributed by atoms with Gasteiger partial charge in [-0.2, -0.15) is 0 Å². The first-order valence-corrected chi connectivity index (χ1v) is 8.29. The molecule has 0 radical (unpaired) electrons. The molecular formula is C16H33N3. The lowest BCUT2D eigenvalue weighted by molar-refractivity contribution is -0.0167. The van der Waals surface area contributed by atoms with E-state index < -0.39 is 0 Å². The van der Waals surface area contributed by atoms with E-state index >= 15 is 0 Å². The molecule has 1 aliphatic heterocycles. The van der Waals surface area contributed by atoms with E-state index in [9.17, 15) is 0 Å². The van der Waals surface area contributed by atoms with Crippen molar-refractivity contribution < 1.29 is 0 Å². The van der Waals surface area contributed by atoms with Gasteiger partial charge in [-0.15, -0.1) is 0 Å². The Morgan fingerprint density at radius 1 is 1.21 bits per heavy atom. The summed E-state index contributed by atoms with van der Waals surface area (Å²) in [6.45, 7) is 9.26. The van der Waals surface area contributed by atoms with Crippen LogP contribution in [-0.2, 0) is 0 Å². The maximum atomic E-state index is 6.24. The lowest BCUT2D eigenvalue weighted by Gasteiger charge is -2.53. The second kappa shape index (κ2) is 6.55. The molecule has 0 bridgehead atoms. The Kier molecular flexibility index (Phi) is 5.27. The molecule has 0 amide bonds. The van der Waals surface area contributed by atoms with Crippen LogP contribution in [0.1, 0.15) is 52.4 Å². The Hall–Kier alpha value is -0.120. The fourth-order valence-electron chi connectivity index (χ4n) is 4.35. The lowest BCUT2D eigenvalue weighted by atomic mass is 9.71. The van der Waals surface area contributed by atoms with Gasteiger partial charge < -0.3 is 10.6 Å². The van der Waals surface area contributed by atoms with Gasteiger partial charge in [0.05, 0.1) is 0 Å². The van der Waals surface area contributed by atoms with Crippen molar-refractivity contribution in [3.63, 3.8) is 0 Å². The van der Waals surface area contributed by atoms with Gasteiger partial charge in [-0.1, -0.05) is 26.7 Å². The van der Waals surface area contributed by atoms with E-state index in [4.69, 9.17) is 5.73 Å². The second-order valence-electron chi connectivity index (χ2n) is 6.73. The number of hydrogen-bond acceptors (Lipinski definition) is 3. The Labute approximate surface area is 119 Å². The Bertz CT molecular complexity index is 273.